The maximum atomic E-state index is 12.1. The van der Waals surface area contributed by atoms with E-state index in [9.17, 15) is 4.79 Å². The van der Waals surface area contributed by atoms with Crippen LogP contribution in [0.4, 0.5) is 0 Å². The molecule has 3 aromatic rings. The highest BCUT2D eigenvalue weighted by Crippen LogP contribution is 2.24. The van der Waals surface area contributed by atoms with E-state index in [0.29, 0.717) is 11.0 Å². The molecule has 0 atom stereocenters. The standard InChI is InChI=1S/C14H14N2O2/c1-3-6-10-12-13(15-16(10)2)9-7-4-5-8-11(9)18-14(12)17/h4-5,7-8H,3,6H2,1-2H3. The second-order valence-corrected chi connectivity index (χ2v) is 4.43. The van der Waals surface area contributed by atoms with Crippen molar-refractivity contribution in [3.63, 3.8) is 0 Å². The molecule has 3 rings (SSSR count). The molecule has 0 radical (unpaired) electrons. The quantitative estimate of drug-likeness (QED) is 0.649. The molecule has 0 bridgehead atoms. The van der Waals surface area contributed by atoms with Crippen LogP contribution in [0.15, 0.2) is 33.5 Å². The van der Waals surface area contributed by atoms with E-state index < -0.39 is 0 Å². The van der Waals surface area contributed by atoms with Crippen LogP contribution in [0, 0.1) is 0 Å². The molecular formula is C14H14N2O2. The van der Waals surface area contributed by atoms with E-state index in [4.69, 9.17) is 4.42 Å². The molecule has 2 aromatic heterocycles. The molecule has 0 aliphatic carbocycles. The van der Waals surface area contributed by atoms with Gasteiger partial charge in [0, 0.05) is 12.4 Å². The number of hydrogen-bond donors (Lipinski definition) is 0. The lowest BCUT2D eigenvalue weighted by atomic mass is 10.1. The number of aromatic nitrogens is 2. The van der Waals surface area contributed by atoms with Gasteiger partial charge in [-0.15, -0.1) is 0 Å². The van der Waals surface area contributed by atoms with Gasteiger partial charge in [-0.3, -0.25) is 4.68 Å². The minimum absolute atomic E-state index is 0.291. The van der Waals surface area contributed by atoms with Gasteiger partial charge < -0.3 is 4.42 Å². The van der Waals surface area contributed by atoms with Crippen LogP contribution in [-0.2, 0) is 13.5 Å². The molecule has 0 fully saturated rings. The van der Waals surface area contributed by atoms with Gasteiger partial charge in [-0.05, 0) is 18.6 Å². The Kier molecular flexibility index (Phi) is 2.44. The van der Waals surface area contributed by atoms with Crippen molar-refractivity contribution in [2.45, 2.75) is 19.8 Å². The molecule has 0 saturated heterocycles. The number of nitrogens with zero attached hydrogens (tertiary/aromatic N) is 2. The lowest BCUT2D eigenvalue weighted by Crippen LogP contribution is -2.03. The summed E-state index contributed by atoms with van der Waals surface area (Å²) < 4.78 is 7.16. The molecule has 4 nitrogen and oxygen atoms in total. The van der Waals surface area contributed by atoms with E-state index >= 15 is 0 Å². The molecule has 0 aliphatic heterocycles. The number of hydrogen-bond acceptors (Lipinski definition) is 3. The molecule has 18 heavy (non-hydrogen) atoms. The first-order valence-corrected chi connectivity index (χ1v) is 6.09. The second kappa shape index (κ2) is 3.98. The van der Waals surface area contributed by atoms with Crippen molar-refractivity contribution >= 4 is 21.9 Å². The Morgan fingerprint density at radius 1 is 1.33 bits per heavy atom. The van der Waals surface area contributed by atoms with Crippen molar-refractivity contribution in [1.29, 1.82) is 0 Å². The van der Waals surface area contributed by atoms with Crippen LogP contribution in [0.3, 0.4) is 0 Å². The third-order valence-corrected chi connectivity index (χ3v) is 3.20. The van der Waals surface area contributed by atoms with Crippen molar-refractivity contribution in [2.24, 2.45) is 7.05 Å². The molecule has 0 N–H and O–H groups in total. The molecule has 2 heterocycles. The summed E-state index contributed by atoms with van der Waals surface area (Å²) in [7, 11) is 1.87. The average molecular weight is 242 g/mol. The summed E-state index contributed by atoms with van der Waals surface area (Å²) in [6, 6.07) is 7.51. The van der Waals surface area contributed by atoms with Gasteiger partial charge in [0.15, 0.2) is 0 Å². The normalized spacial score (nSPS) is 11.4. The van der Waals surface area contributed by atoms with E-state index in [2.05, 4.69) is 12.0 Å². The number of benzene rings is 1. The summed E-state index contributed by atoms with van der Waals surface area (Å²) in [5, 5.41) is 5.99. The van der Waals surface area contributed by atoms with Gasteiger partial charge in [0.1, 0.15) is 16.5 Å². The van der Waals surface area contributed by atoms with Gasteiger partial charge in [-0.2, -0.15) is 5.10 Å². The van der Waals surface area contributed by atoms with Crippen LogP contribution in [0.1, 0.15) is 19.0 Å². The summed E-state index contributed by atoms with van der Waals surface area (Å²) in [6.07, 6.45) is 1.80. The summed E-state index contributed by atoms with van der Waals surface area (Å²) in [4.78, 5) is 12.1. The number of rotatable bonds is 2. The first kappa shape index (κ1) is 11.0. The minimum Gasteiger partial charge on any atom is -0.422 e. The van der Waals surface area contributed by atoms with Crippen molar-refractivity contribution in [2.75, 3.05) is 0 Å². The smallest absolute Gasteiger partial charge is 0.347 e. The molecule has 4 heteroatoms. The fourth-order valence-corrected chi connectivity index (χ4v) is 2.39. The Morgan fingerprint density at radius 2 is 2.11 bits per heavy atom. The average Bonchev–Trinajstić information content (AvgIpc) is 2.68. The van der Waals surface area contributed by atoms with Crippen LogP contribution >= 0.6 is 0 Å². The highest BCUT2D eigenvalue weighted by Gasteiger charge is 2.16. The van der Waals surface area contributed by atoms with Crippen molar-refractivity contribution in [1.82, 2.24) is 9.78 Å². The van der Waals surface area contributed by atoms with Crippen LogP contribution in [0.5, 0.6) is 0 Å². The first-order chi connectivity index (χ1) is 8.72. The van der Waals surface area contributed by atoms with E-state index in [0.717, 1.165) is 29.4 Å². The van der Waals surface area contributed by atoms with Gasteiger partial charge in [0.2, 0.25) is 0 Å². The Balaban J connectivity index is 2.52. The van der Waals surface area contributed by atoms with E-state index in [1.807, 2.05) is 25.2 Å². The molecular weight excluding hydrogens is 228 g/mol. The number of para-hydroxylation sites is 1. The fourth-order valence-electron chi connectivity index (χ4n) is 2.39. The third kappa shape index (κ3) is 1.45. The van der Waals surface area contributed by atoms with Crippen molar-refractivity contribution in [3.05, 3.63) is 40.4 Å². The maximum Gasteiger partial charge on any atom is 0.347 e. The Labute approximate surface area is 104 Å². The molecule has 0 amide bonds. The van der Waals surface area contributed by atoms with Gasteiger partial charge in [-0.25, -0.2) is 4.79 Å². The summed E-state index contributed by atoms with van der Waals surface area (Å²) >= 11 is 0. The number of fused-ring (bicyclic) bond motifs is 3. The fraction of sp³-hybridized carbons (Fsp3) is 0.286. The molecule has 0 unspecified atom stereocenters. The zero-order chi connectivity index (χ0) is 12.7. The molecule has 0 spiro atoms. The third-order valence-electron chi connectivity index (χ3n) is 3.20. The lowest BCUT2D eigenvalue weighted by Gasteiger charge is -1.99. The van der Waals surface area contributed by atoms with Gasteiger partial charge in [0.25, 0.3) is 0 Å². The predicted octanol–water partition coefficient (Wildman–Crippen LogP) is 2.63. The lowest BCUT2D eigenvalue weighted by molar-refractivity contribution is 0.568. The first-order valence-electron chi connectivity index (χ1n) is 6.09. The monoisotopic (exact) mass is 242 g/mol. The SMILES string of the molecule is CCCc1c2c(=O)oc3ccccc3c2nn1C. The highest BCUT2D eigenvalue weighted by molar-refractivity contribution is 6.02. The minimum atomic E-state index is -0.291. The topological polar surface area (TPSA) is 48.0 Å². The summed E-state index contributed by atoms with van der Waals surface area (Å²) in [5.41, 5.74) is 2.00. The second-order valence-electron chi connectivity index (χ2n) is 4.43. The van der Waals surface area contributed by atoms with Crippen molar-refractivity contribution in [3.8, 4) is 0 Å². The molecule has 92 valence electrons. The highest BCUT2D eigenvalue weighted by atomic mass is 16.4. The Bertz CT molecular complexity index is 783. The molecule has 0 saturated carbocycles. The van der Waals surface area contributed by atoms with Gasteiger partial charge in [-0.1, -0.05) is 25.5 Å². The van der Waals surface area contributed by atoms with Crippen LogP contribution < -0.4 is 5.63 Å². The van der Waals surface area contributed by atoms with E-state index in [1.54, 1.807) is 10.7 Å². The molecule has 1 aromatic carbocycles. The predicted molar refractivity (Wildman–Crippen MR) is 70.8 cm³/mol. The summed E-state index contributed by atoms with van der Waals surface area (Å²) in [5.74, 6) is 0. The van der Waals surface area contributed by atoms with Crippen LogP contribution in [0.2, 0.25) is 0 Å². The van der Waals surface area contributed by atoms with Crippen LogP contribution in [-0.4, -0.2) is 9.78 Å². The Hall–Kier alpha value is -2.10. The zero-order valence-electron chi connectivity index (χ0n) is 10.4. The van der Waals surface area contributed by atoms with Crippen molar-refractivity contribution < 1.29 is 4.42 Å². The van der Waals surface area contributed by atoms with Gasteiger partial charge >= 0.3 is 5.63 Å². The molecule has 0 aliphatic rings. The zero-order valence-corrected chi connectivity index (χ0v) is 10.4. The van der Waals surface area contributed by atoms with Gasteiger partial charge in [0.05, 0.1) is 5.69 Å². The number of aryl methyl sites for hydroxylation is 2. The van der Waals surface area contributed by atoms with E-state index in [1.165, 1.54) is 0 Å². The van der Waals surface area contributed by atoms with E-state index in [-0.39, 0.29) is 5.63 Å². The van der Waals surface area contributed by atoms with Crippen LogP contribution in [0.25, 0.3) is 21.9 Å². The maximum absolute atomic E-state index is 12.1. The largest absolute Gasteiger partial charge is 0.422 e. The summed E-state index contributed by atoms with van der Waals surface area (Å²) in [6.45, 7) is 2.08. The Morgan fingerprint density at radius 3 is 2.89 bits per heavy atom.